The van der Waals surface area contributed by atoms with Crippen molar-refractivity contribution in [2.45, 2.75) is 39.3 Å². The molecular weight excluding hydrogens is 522 g/mol. The smallest absolute Gasteiger partial charge is 0.244 e. The zero-order chi connectivity index (χ0) is 25.3. The van der Waals surface area contributed by atoms with Crippen LogP contribution >= 0.6 is 15.9 Å². The van der Waals surface area contributed by atoms with Gasteiger partial charge in [-0.05, 0) is 59.1 Å². The van der Waals surface area contributed by atoms with Crippen LogP contribution in [0.15, 0.2) is 53.0 Å². The number of para-hydroxylation sites is 1. The standard InChI is InChI=1S/C24H32BrN3O5S/c1-5-6-15-26-24(30)18(2)27(16-19-11-13-20(33-3)14-12-19)23(29)17-28(34(4,31)32)22-10-8-7-9-21(22)25/h7-14,18H,5-6,15-17H2,1-4H3,(H,26,30)/t18-/m0/s1. The number of methoxy groups -OCH3 is 1. The van der Waals surface area contributed by atoms with E-state index in [0.717, 1.165) is 29.0 Å². The Hall–Kier alpha value is -2.59. The first-order chi connectivity index (χ1) is 16.1. The van der Waals surface area contributed by atoms with E-state index in [0.29, 0.717) is 22.5 Å². The average Bonchev–Trinajstić information content (AvgIpc) is 2.80. The van der Waals surface area contributed by atoms with Gasteiger partial charge < -0.3 is 15.0 Å². The molecule has 0 unspecified atom stereocenters. The van der Waals surface area contributed by atoms with Crippen LogP contribution in [0.5, 0.6) is 5.75 Å². The highest BCUT2D eigenvalue weighted by molar-refractivity contribution is 9.10. The van der Waals surface area contributed by atoms with Crippen molar-refractivity contribution in [3.8, 4) is 5.75 Å². The molecule has 1 atom stereocenters. The summed E-state index contributed by atoms with van der Waals surface area (Å²) in [6.07, 6.45) is 2.81. The van der Waals surface area contributed by atoms with Crippen LogP contribution in [0.4, 0.5) is 5.69 Å². The first-order valence-electron chi connectivity index (χ1n) is 11.0. The maximum Gasteiger partial charge on any atom is 0.244 e. The predicted molar refractivity (Wildman–Crippen MR) is 137 cm³/mol. The highest BCUT2D eigenvalue weighted by Crippen LogP contribution is 2.28. The largest absolute Gasteiger partial charge is 0.497 e. The van der Waals surface area contributed by atoms with E-state index >= 15 is 0 Å². The normalized spacial score (nSPS) is 12.0. The van der Waals surface area contributed by atoms with Gasteiger partial charge in [0.1, 0.15) is 18.3 Å². The Morgan fingerprint density at radius 3 is 2.32 bits per heavy atom. The Bertz CT molecular complexity index is 1080. The minimum atomic E-state index is -3.78. The van der Waals surface area contributed by atoms with Gasteiger partial charge in [-0.1, -0.05) is 37.6 Å². The number of hydrogen-bond acceptors (Lipinski definition) is 5. The van der Waals surface area contributed by atoms with Gasteiger partial charge in [0, 0.05) is 17.6 Å². The van der Waals surface area contributed by atoms with E-state index in [2.05, 4.69) is 21.2 Å². The number of benzene rings is 2. The molecule has 0 spiro atoms. The van der Waals surface area contributed by atoms with Crippen LogP contribution in [0.1, 0.15) is 32.3 Å². The number of nitrogens with one attached hydrogen (secondary N) is 1. The number of unbranched alkanes of at least 4 members (excludes halogenated alkanes) is 1. The number of anilines is 1. The van der Waals surface area contributed by atoms with Crippen LogP contribution in [0.25, 0.3) is 0 Å². The van der Waals surface area contributed by atoms with Gasteiger partial charge in [0.25, 0.3) is 0 Å². The lowest BCUT2D eigenvalue weighted by molar-refractivity contribution is -0.139. The Kier molecular flexibility index (Phi) is 10.4. The molecule has 0 bridgehead atoms. The summed E-state index contributed by atoms with van der Waals surface area (Å²) in [4.78, 5) is 27.7. The second-order valence-electron chi connectivity index (χ2n) is 7.91. The zero-order valence-electron chi connectivity index (χ0n) is 20.0. The van der Waals surface area contributed by atoms with Gasteiger partial charge in [-0.15, -0.1) is 0 Å². The molecule has 0 aliphatic heterocycles. The molecule has 0 fully saturated rings. The number of amides is 2. The van der Waals surface area contributed by atoms with Gasteiger partial charge in [-0.25, -0.2) is 8.42 Å². The number of nitrogens with zero attached hydrogens (tertiary/aromatic N) is 2. The van der Waals surface area contributed by atoms with E-state index in [1.54, 1.807) is 50.4 Å². The topological polar surface area (TPSA) is 96.0 Å². The number of rotatable bonds is 12. The van der Waals surface area contributed by atoms with E-state index in [-0.39, 0.29) is 12.5 Å². The third-order valence-electron chi connectivity index (χ3n) is 5.31. The third kappa shape index (κ3) is 7.73. The average molecular weight is 555 g/mol. The van der Waals surface area contributed by atoms with E-state index < -0.39 is 28.5 Å². The second-order valence-corrected chi connectivity index (χ2v) is 10.7. The quantitative estimate of drug-likeness (QED) is 0.405. The molecule has 0 saturated heterocycles. The highest BCUT2D eigenvalue weighted by Gasteiger charge is 2.30. The number of sulfonamides is 1. The lowest BCUT2D eigenvalue weighted by Crippen LogP contribution is -2.51. The Balaban J connectivity index is 2.35. The van der Waals surface area contributed by atoms with Crippen molar-refractivity contribution >= 4 is 43.5 Å². The van der Waals surface area contributed by atoms with Crippen molar-refractivity contribution in [2.24, 2.45) is 0 Å². The van der Waals surface area contributed by atoms with Crippen LogP contribution in [-0.4, -0.2) is 57.6 Å². The summed E-state index contributed by atoms with van der Waals surface area (Å²) in [5.74, 6) is -0.110. The molecule has 0 saturated carbocycles. The lowest BCUT2D eigenvalue weighted by Gasteiger charge is -2.31. The van der Waals surface area contributed by atoms with Crippen LogP contribution in [-0.2, 0) is 26.2 Å². The summed E-state index contributed by atoms with van der Waals surface area (Å²) in [5.41, 5.74) is 1.14. The highest BCUT2D eigenvalue weighted by atomic mass is 79.9. The van der Waals surface area contributed by atoms with Crippen molar-refractivity contribution in [3.05, 3.63) is 58.6 Å². The predicted octanol–water partition coefficient (Wildman–Crippen LogP) is 3.56. The van der Waals surface area contributed by atoms with Crippen molar-refractivity contribution in [3.63, 3.8) is 0 Å². The van der Waals surface area contributed by atoms with E-state index in [1.807, 2.05) is 19.1 Å². The van der Waals surface area contributed by atoms with Crippen molar-refractivity contribution in [2.75, 3.05) is 30.8 Å². The molecule has 0 radical (unpaired) electrons. The van der Waals surface area contributed by atoms with Gasteiger partial charge in [0.15, 0.2) is 0 Å². The first-order valence-corrected chi connectivity index (χ1v) is 13.6. The van der Waals surface area contributed by atoms with Crippen LogP contribution in [0.3, 0.4) is 0 Å². The molecule has 2 aromatic rings. The molecule has 0 aliphatic rings. The van der Waals surface area contributed by atoms with Crippen molar-refractivity contribution in [1.29, 1.82) is 0 Å². The molecular formula is C24H32BrN3O5S. The number of halogens is 1. The van der Waals surface area contributed by atoms with Crippen LogP contribution in [0, 0.1) is 0 Å². The molecule has 2 rings (SSSR count). The molecule has 34 heavy (non-hydrogen) atoms. The van der Waals surface area contributed by atoms with Gasteiger partial charge in [-0.3, -0.25) is 13.9 Å². The minimum absolute atomic E-state index is 0.138. The molecule has 8 nitrogen and oxygen atoms in total. The monoisotopic (exact) mass is 553 g/mol. The fourth-order valence-electron chi connectivity index (χ4n) is 3.30. The number of carbonyl (C=O) groups is 2. The fraction of sp³-hybridized carbons (Fsp3) is 0.417. The molecule has 2 amide bonds. The zero-order valence-corrected chi connectivity index (χ0v) is 22.4. The van der Waals surface area contributed by atoms with Crippen LogP contribution in [0.2, 0.25) is 0 Å². The second kappa shape index (κ2) is 12.8. The van der Waals surface area contributed by atoms with Gasteiger partial charge >= 0.3 is 0 Å². The molecule has 186 valence electrons. The van der Waals surface area contributed by atoms with Gasteiger partial charge in [-0.2, -0.15) is 0 Å². The fourth-order valence-corrected chi connectivity index (χ4v) is 4.77. The van der Waals surface area contributed by atoms with Crippen molar-refractivity contribution in [1.82, 2.24) is 10.2 Å². The number of hydrogen-bond donors (Lipinski definition) is 1. The molecule has 0 aliphatic carbocycles. The summed E-state index contributed by atoms with van der Waals surface area (Å²) < 4.78 is 32.0. The molecule has 0 heterocycles. The Morgan fingerprint density at radius 1 is 1.12 bits per heavy atom. The Morgan fingerprint density at radius 2 is 1.76 bits per heavy atom. The maximum absolute atomic E-state index is 13.5. The van der Waals surface area contributed by atoms with E-state index in [1.165, 1.54) is 4.90 Å². The first kappa shape index (κ1) is 27.7. The summed E-state index contributed by atoms with van der Waals surface area (Å²) in [6.45, 7) is 3.88. The minimum Gasteiger partial charge on any atom is -0.497 e. The lowest BCUT2D eigenvalue weighted by atomic mass is 10.1. The third-order valence-corrected chi connectivity index (χ3v) is 7.11. The Labute approximate surface area is 210 Å². The number of carbonyl (C=O) groups excluding carboxylic acids is 2. The van der Waals surface area contributed by atoms with Gasteiger partial charge in [0.05, 0.1) is 19.1 Å². The molecule has 1 N–H and O–H groups in total. The maximum atomic E-state index is 13.5. The van der Waals surface area contributed by atoms with E-state index in [9.17, 15) is 18.0 Å². The SMILES string of the molecule is CCCCNC(=O)[C@H](C)N(Cc1ccc(OC)cc1)C(=O)CN(c1ccccc1Br)S(C)(=O)=O. The summed E-state index contributed by atoms with van der Waals surface area (Å²) in [6, 6.07) is 13.1. The summed E-state index contributed by atoms with van der Waals surface area (Å²) in [7, 11) is -2.21. The molecule has 2 aromatic carbocycles. The summed E-state index contributed by atoms with van der Waals surface area (Å²) in [5, 5.41) is 2.85. The number of ether oxygens (including phenoxy) is 1. The molecule has 0 aromatic heterocycles. The molecule has 10 heteroatoms. The van der Waals surface area contributed by atoms with Crippen molar-refractivity contribution < 1.29 is 22.7 Å². The van der Waals surface area contributed by atoms with Gasteiger partial charge in [0.2, 0.25) is 21.8 Å². The van der Waals surface area contributed by atoms with Crippen LogP contribution < -0.4 is 14.4 Å². The summed E-state index contributed by atoms with van der Waals surface area (Å²) >= 11 is 3.36. The van der Waals surface area contributed by atoms with E-state index in [4.69, 9.17) is 4.74 Å².